The second kappa shape index (κ2) is 11.6. The quantitative estimate of drug-likeness (QED) is 0.351. The van der Waals surface area contributed by atoms with Crippen molar-refractivity contribution in [3.8, 4) is 0 Å². The number of hydrogen-bond donors (Lipinski definition) is 1. The highest BCUT2D eigenvalue weighted by Gasteiger charge is 2.32. The number of amides is 2. The SMILES string of the molecule is CN1CCN(C2CCN(C(=O)c3ccc(Nc4ncc5c(n4)N(C)c4ccccc4C(=O)N5C)cc3[N+](=O)[O-])CC2)CC1. The molecule has 3 aliphatic rings. The number of nitrogens with zero attached hydrogens (tertiary/aromatic N) is 8. The van der Waals surface area contributed by atoms with Crippen LogP contribution in [0.3, 0.4) is 0 Å². The maximum absolute atomic E-state index is 13.4. The molecule has 0 spiro atoms. The summed E-state index contributed by atoms with van der Waals surface area (Å²) >= 11 is 0. The van der Waals surface area contributed by atoms with Gasteiger partial charge in [-0.15, -0.1) is 0 Å². The minimum atomic E-state index is -0.529. The lowest BCUT2D eigenvalue weighted by Gasteiger charge is -2.42. The predicted octanol–water partition coefficient (Wildman–Crippen LogP) is 3.34. The van der Waals surface area contributed by atoms with Gasteiger partial charge >= 0.3 is 0 Å². The van der Waals surface area contributed by atoms with E-state index in [0.29, 0.717) is 47.6 Å². The van der Waals surface area contributed by atoms with Crippen LogP contribution in [0, 0.1) is 10.1 Å². The average Bonchev–Trinajstić information content (AvgIpc) is 3.10. The number of likely N-dealkylation sites (N-methyl/N-ethyl adjacent to an activating group) is 1. The van der Waals surface area contributed by atoms with Crippen LogP contribution in [0.15, 0.2) is 48.7 Å². The number of nitro benzene ring substituents is 1. The zero-order valence-electron chi connectivity index (χ0n) is 24.6. The van der Waals surface area contributed by atoms with Crippen LogP contribution in [-0.4, -0.2) is 108 Å². The van der Waals surface area contributed by atoms with Gasteiger partial charge in [-0.3, -0.25) is 24.6 Å². The molecule has 2 saturated heterocycles. The van der Waals surface area contributed by atoms with Gasteiger partial charge < -0.3 is 24.9 Å². The summed E-state index contributed by atoms with van der Waals surface area (Å²) in [5.74, 6) is 0.194. The van der Waals surface area contributed by atoms with E-state index in [2.05, 4.69) is 32.1 Å². The number of aromatic nitrogens is 2. The van der Waals surface area contributed by atoms with Crippen molar-refractivity contribution in [2.45, 2.75) is 18.9 Å². The molecule has 3 aliphatic heterocycles. The number of rotatable bonds is 5. The molecule has 0 radical (unpaired) electrons. The summed E-state index contributed by atoms with van der Waals surface area (Å²) in [5, 5.41) is 15.1. The molecule has 1 aromatic heterocycles. The van der Waals surface area contributed by atoms with Gasteiger partial charge in [-0.2, -0.15) is 4.98 Å². The van der Waals surface area contributed by atoms with Crippen LogP contribution >= 0.6 is 0 Å². The zero-order valence-corrected chi connectivity index (χ0v) is 24.6. The Morgan fingerprint density at radius 2 is 1.67 bits per heavy atom. The van der Waals surface area contributed by atoms with Crippen molar-refractivity contribution < 1.29 is 14.5 Å². The zero-order chi connectivity index (χ0) is 30.2. The summed E-state index contributed by atoms with van der Waals surface area (Å²) in [6.07, 6.45) is 3.26. The molecular formula is C30H35N9O4. The van der Waals surface area contributed by atoms with Crippen LogP contribution in [0.5, 0.6) is 0 Å². The van der Waals surface area contributed by atoms with E-state index >= 15 is 0 Å². The van der Waals surface area contributed by atoms with Crippen molar-refractivity contribution in [3.63, 3.8) is 0 Å². The van der Waals surface area contributed by atoms with Crippen molar-refractivity contribution in [1.82, 2.24) is 24.7 Å². The number of likely N-dealkylation sites (tertiary alicyclic amines) is 1. The molecular weight excluding hydrogens is 550 g/mol. The van der Waals surface area contributed by atoms with E-state index in [1.807, 2.05) is 30.1 Å². The molecule has 0 aliphatic carbocycles. The van der Waals surface area contributed by atoms with Crippen LogP contribution in [-0.2, 0) is 0 Å². The lowest BCUT2D eigenvalue weighted by Crippen LogP contribution is -2.53. The molecule has 1 N–H and O–H groups in total. The molecule has 2 aromatic carbocycles. The molecule has 2 amide bonds. The largest absolute Gasteiger partial charge is 0.338 e. The fourth-order valence-corrected chi connectivity index (χ4v) is 6.12. The van der Waals surface area contributed by atoms with Gasteiger partial charge in [0.15, 0.2) is 5.82 Å². The fraction of sp³-hybridized carbons (Fsp3) is 0.400. The Balaban J connectivity index is 1.19. The van der Waals surface area contributed by atoms with Gasteiger partial charge in [-0.05, 0) is 44.2 Å². The maximum atomic E-state index is 13.4. The maximum Gasteiger partial charge on any atom is 0.284 e. The van der Waals surface area contributed by atoms with E-state index in [-0.39, 0.29) is 29.0 Å². The minimum Gasteiger partial charge on any atom is -0.338 e. The number of anilines is 5. The third-order valence-electron chi connectivity index (χ3n) is 8.72. The van der Waals surface area contributed by atoms with Crippen molar-refractivity contribution in [1.29, 1.82) is 0 Å². The van der Waals surface area contributed by atoms with Gasteiger partial charge in [0.2, 0.25) is 5.95 Å². The lowest BCUT2D eigenvalue weighted by atomic mass is 10.0. The monoisotopic (exact) mass is 585 g/mol. The molecule has 43 heavy (non-hydrogen) atoms. The lowest BCUT2D eigenvalue weighted by molar-refractivity contribution is -0.385. The number of carbonyl (C=O) groups is 2. The van der Waals surface area contributed by atoms with E-state index < -0.39 is 4.92 Å². The summed E-state index contributed by atoms with van der Waals surface area (Å²) in [5.41, 5.74) is 1.93. The van der Waals surface area contributed by atoms with Gasteiger partial charge in [0.05, 0.1) is 22.4 Å². The number of nitrogens with one attached hydrogen (secondary N) is 1. The van der Waals surface area contributed by atoms with Gasteiger partial charge in [0.1, 0.15) is 11.3 Å². The number of piperazine rings is 1. The van der Waals surface area contributed by atoms with Crippen LogP contribution in [0.1, 0.15) is 33.6 Å². The van der Waals surface area contributed by atoms with E-state index in [1.54, 1.807) is 30.3 Å². The van der Waals surface area contributed by atoms with Gasteiger partial charge in [0, 0.05) is 71.2 Å². The average molecular weight is 586 g/mol. The third-order valence-corrected chi connectivity index (χ3v) is 8.72. The Kier molecular flexibility index (Phi) is 7.67. The first-order valence-electron chi connectivity index (χ1n) is 14.5. The van der Waals surface area contributed by atoms with Gasteiger partial charge in [-0.1, -0.05) is 12.1 Å². The molecule has 13 nitrogen and oxygen atoms in total. The Hall–Kier alpha value is -4.62. The summed E-state index contributed by atoms with van der Waals surface area (Å²) in [4.78, 5) is 56.9. The topological polar surface area (TPSA) is 131 Å². The molecule has 13 heteroatoms. The van der Waals surface area contributed by atoms with Crippen LogP contribution in [0.4, 0.5) is 34.5 Å². The van der Waals surface area contributed by atoms with Crippen molar-refractivity contribution >= 4 is 46.3 Å². The van der Waals surface area contributed by atoms with Crippen LogP contribution < -0.4 is 15.1 Å². The molecule has 0 saturated carbocycles. The van der Waals surface area contributed by atoms with Crippen molar-refractivity contribution in [2.75, 3.05) is 75.5 Å². The first-order valence-corrected chi connectivity index (χ1v) is 14.5. The molecule has 224 valence electrons. The fourth-order valence-electron chi connectivity index (χ4n) is 6.12. The van der Waals surface area contributed by atoms with Crippen LogP contribution in [0.2, 0.25) is 0 Å². The van der Waals surface area contributed by atoms with Gasteiger partial charge in [0.25, 0.3) is 17.5 Å². The van der Waals surface area contributed by atoms with E-state index in [1.165, 1.54) is 17.0 Å². The summed E-state index contributed by atoms with van der Waals surface area (Å²) < 4.78 is 0. The highest BCUT2D eigenvalue weighted by molar-refractivity contribution is 6.13. The molecule has 0 atom stereocenters. The smallest absolute Gasteiger partial charge is 0.284 e. The minimum absolute atomic E-state index is 0.0629. The molecule has 0 unspecified atom stereocenters. The highest BCUT2D eigenvalue weighted by atomic mass is 16.6. The van der Waals surface area contributed by atoms with E-state index in [0.717, 1.165) is 39.0 Å². The molecule has 4 heterocycles. The van der Waals surface area contributed by atoms with E-state index in [4.69, 9.17) is 0 Å². The molecule has 3 aromatic rings. The van der Waals surface area contributed by atoms with Crippen molar-refractivity contribution in [3.05, 3.63) is 69.9 Å². The number of nitro groups is 1. The van der Waals surface area contributed by atoms with Gasteiger partial charge in [-0.25, -0.2) is 4.98 Å². The number of benzene rings is 2. The number of piperidine rings is 1. The number of para-hydroxylation sites is 1. The highest BCUT2D eigenvalue weighted by Crippen LogP contribution is 2.38. The Morgan fingerprint density at radius 1 is 0.953 bits per heavy atom. The normalized spacial score (nSPS) is 18.2. The third kappa shape index (κ3) is 5.48. The molecule has 0 bridgehead atoms. The second-order valence-electron chi connectivity index (χ2n) is 11.3. The van der Waals surface area contributed by atoms with E-state index in [9.17, 15) is 19.7 Å². The second-order valence-corrected chi connectivity index (χ2v) is 11.3. The van der Waals surface area contributed by atoms with Crippen LogP contribution in [0.25, 0.3) is 0 Å². The predicted molar refractivity (Wildman–Crippen MR) is 164 cm³/mol. The number of fused-ring (bicyclic) bond motifs is 2. The Bertz CT molecular complexity index is 1560. The van der Waals surface area contributed by atoms with Crippen molar-refractivity contribution in [2.24, 2.45) is 0 Å². The summed E-state index contributed by atoms with van der Waals surface area (Å²) in [7, 11) is 5.62. The number of carbonyl (C=O) groups excluding carboxylic acids is 2. The molecule has 2 fully saturated rings. The Morgan fingerprint density at radius 3 is 2.40 bits per heavy atom. The Labute approximate surface area is 249 Å². The number of hydrogen-bond acceptors (Lipinski definition) is 10. The standard InChI is InChI=1S/C30H35N9O4/c1-34-14-16-37(17-15-34)21-10-12-38(13-11-21)29(41)23-9-8-20(18-25(23)39(42)43)32-30-31-19-26-27(33-30)35(2)24-7-5-4-6-22(24)28(40)36(26)3/h4-9,18-19,21H,10-17H2,1-3H3,(H,31,32,33). The first kappa shape index (κ1) is 28.5. The first-order chi connectivity index (χ1) is 20.7. The summed E-state index contributed by atoms with van der Waals surface area (Å²) in [6.45, 7) is 5.29. The summed E-state index contributed by atoms with van der Waals surface area (Å²) in [6, 6.07) is 12.2. The molecule has 6 rings (SSSR count).